The van der Waals surface area contributed by atoms with E-state index in [9.17, 15) is 13.2 Å². The molecule has 0 aliphatic heterocycles. The summed E-state index contributed by atoms with van der Waals surface area (Å²) in [6.07, 6.45) is 10.4. The molecule has 0 aromatic rings. The molecule has 158 valence electrons. The number of hydrogen-bond donors (Lipinski definition) is 0. The Morgan fingerprint density at radius 3 is 1.54 bits per heavy atom. The Bertz CT molecular complexity index is 283. The van der Waals surface area contributed by atoms with Gasteiger partial charge in [0.2, 0.25) is 0 Å². The summed E-state index contributed by atoms with van der Waals surface area (Å²) in [6, 6.07) is 0. The summed E-state index contributed by atoms with van der Waals surface area (Å²) < 4.78 is 41.5. The van der Waals surface area contributed by atoms with Crippen molar-refractivity contribution in [2.24, 2.45) is 0 Å². The summed E-state index contributed by atoms with van der Waals surface area (Å²) in [4.78, 5) is 0. The molecule has 0 N–H and O–H groups in total. The molecule has 0 bridgehead atoms. The van der Waals surface area contributed by atoms with E-state index in [1.807, 2.05) is 11.8 Å². The van der Waals surface area contributed by atoms with Crippen LogP contribution in [-0.4, -0.2) is 30.4 Å². The normalized spacial score (nSPS) is 12.2. The van der Waals surface area contributed by atoms with E-state index in [1.165, 1.54) is 62.9 Å². The van der Waals surface area contributed by atoms with Crippen LogP contribution in [0.2, 0.25) is 0 Å². The standard InChI is InChI=1S/C21H41F3OS/c1-20(2)25-17-15-19-26-18-14-12-10-8-6-4-3-5-7-9-11-13-16-21(22,23)24/h20H,3-19H2,1-2H3. The Balaban J connectivity index is 3.03. The molecular weight excluding hydrogens is 357 g/mol. The Morgan fingerprint density at radius 1 is 0.654 bits per heavy atom. The summed E-state index contributed by atoms with van der Waals surface area (Å²) in [5.74, 6) is 2.49. The fourth-order valence-electron chi connectivity index (χ4n) is 2.88. The van der Waals surface area contributed by atoms with Gasteiger partial charge in [-0.2, -0.15) is 24.9 Å². The van der Waals surface area contributed by atoms with Crippen LogP contribution in [0.5, 0.6) is 0 Å². The number of alkyl halides is 3. The molecular formula is C21H41F3OS. The van der Waals surface area contributed by atoms with Crippen molar-refractivity contribution in [3.05, 3.63) is 0 Å². The Hall–Kier alpha value is 0.100. The van der Waals surface area contributed by atoms with Gasteiger partial charge in [-0.3, -0.25) is 0 Å². The van der Waals surface area contributed by atoms with Crippen LogP contribution in [0, 0.1) is 0 Å². The highest BCUT2D eigenvalue weighted by Gasteiger charge is 2.25. The zero-order chi connectivity index (χ0) is 19.5. The lowest BCUT2D eigenvalue weighted by Gasteiger charge is -2.07. The largest absolute Gasteiger partial charge is 0.389 e. The van der Waals surface area contributed by atoms with Crippen LogP contribution in [0.15, 0.2) is 0 Å². The summed E-state index contributed by atoms with van der Waals surface area (Å²) >= 11 is 2.05. The first-order chi connectivity index (χ1) is 12.4. The van der Waals surface area contributed by atoms with Gasteiger partial charge < -0.3 is 4.74 Å². The molecule has 0 aromatic heterocycles. The van der Waals surface area contributed by atoms with Crippen molar-refractivity contribution in [1.82, 2.24) is 0 Å². The first-order valence-electron chi connectivity index (χ1n) is 10.7. The fourth-order valence-corrected chi connectivity index (χ4v) is 3.81. The van der Waals surface area contributed by atoms with Crippen molar-refractivity contribution in [3.63, 3.8) is 0 Å². The van der Waals surface area contributed by atoms with E-state index in [-0.39, 0.29) is 0 Å². The van der Waals surface area contributed by atoms with E-state index in [2.05, 4.69) is 13.8 Å². The van der Waals surface area contributed by atoms with Crippen LogP contribution in [0.25, 0.3) is 0 Å². The maximum absolute atomic E-state index is 12.0. The van der Waals surface area contributed by atoms with Gasteiger partial charge in [0, 0.05) is 13.0 Å². The van der Waals surface area contributed by atoms with Gasteiger partial charge in [0.25, 0.3) is 0 Å². The second-order valence-electron chi connectivity index (χ2n) is 7.49. The molecule has 0 aliphatic carbocycles. The lowest BCUT2D eigenvalue weighted by Crippen LogP contribution is -2.06. The fraction of sp³-hybridized carbons (Fsp3) is 1.00. The average Bonchev–Trinajstić information content (AvgIpc) is 2.55. The van der Waals surface area contributed by atoms with Gasteiger partial charge in [-0.1, -0.05) is 64.2 Å². The van der Waals surface area contributed by atoms with Crippen LogP contribution in [0.3, 0.4) is 0 Å². The summed E-state index contributed by atoms with van der Waals surface area (Å²) in [5.41, 5.74) is 0. The van der Waals surface area contributed by atoms with Crippen molar-refractivity contribution in [1.29, 1.82) is 0 Å². The summed E-state index contributed by atoms with van der Waals surface area (Å²) in [5, 5.41) is 0. The van der Waals surface area contributed by atoms with Gasteiger partial charge in [0.15, 0.2) is 0 Å². The smallest absolute Gasteiger partial charge is 0.379 e. The second-order valence-corrected chi connectivity index (χ2v) is 8.72. The van der Waals surface area contributed by atoms with E-state index < -0.39 is 12.6 Å². The summed E-state index contributed by atoms with van der Waals surface area (Å²) in [6.45, 7) is 5.05. The number of rotatable bonds is 19. The van der Waals surface area contributed by atoms with Gasteiger partial charge in [-0.25, -0.2) is 0 Å². The van der Waals surface area contributed by atoms with E-state index in [0.29, 0.717) is 12.5 Å². The highest BCUT2D eigenvalue weighted by Crippen LogP contribution is 2.23. The lowest BCUT2D eigenvalue weighted by atomic mass is 10.0. The molecule has 0 saturated carbocycles. The molecule has 0 radical (unpaired) electrons. The third-order valence-electron chi connectivity index (χ3n) is 4.38. The van der Waals surface area contributed by atoms with Crippen molar-refractivity contribution < 1.29 is 17.9 Å². The zero-order valence-corrected chi connectivity index (χ0v) is 17.9. The van der Waals surface area contributed by atoms with Crippen LogP contribution < -0.4 is 0 Å². The van der Waals surface area contributed by atoms with E-state index in [1.54, 1.807) is 0 Å². The molecule has 5 heteroatoms. The maximum atomic E-state index is 12.0. The van der Waals surface area contributed by atoms with Crippen molar-refractivity contribution in [3.8, 4) is 0 Å². The van der Waals surface area contributed by atoms with E-state index in [4.69, 9.17) is 4.74 Å². The van der Waals surface area contributed by atoms with Crippen LogP contribution in [0.4, 0.5) is 13.2 Å². The zero-order valence-electron chi connectivity index (χ0n) is 17.0. The number of thioether (sulfide) groups is 1. The lowest BCUT2D eigenvalue weighted by molar-refractivity contribution is -0.135. The molecule has 0 aliphatic rings. The minimum absolute atomic E-state index is 0.299. The Morgan fingerprint density at radius 2 is 1.08 bits per heavy atom. The molecule has 1 nitrogen and oxygen atoms in total. The molecule has 0 aromatic carbocycles. The van der Waals surface area contributed by atoms with Crippen LogP contribution in [-0.2, 0) is 4.74 Å². The second kappa shape index (κ2) is 18.5. The van der Waals surface area contributed by atoms with Crippen molar-refractivity contribution in [2.45, 2.75) is 116 Å². The van der Waals surface area contributed by atoms with Crippen LogP contribution in [0.1, 0.15) is 104 Å². The summed E-state index contributed by atoms with van der Waals surface area (Å²) in [7, 11) is 0. The minimum atomic E-state index is -3.97. The molecule has 0 fully saturated rings. The predicted molar refractivity (Wildman–Crippen MR) is 109 cm³/mol. The molecule has 0 rings (SSSR count). The Kier molecular flexibility index (Phi) is 18.5. The van der Waals surface area contributed by atoms with Gasteiger partial charge in [0.05, 0.1) is 6.10 Å². The van der Waals surface area contributed by atoms with E-state index >= 15 is 0 Å². The topological polar surface area (TPSA) is 9.23 Å². The highest BCUT2D eigenvalue weighted by molar-refractivity contribution is 7.99. The number of hydrogen-bond acceptors (Lipinski definition) is 2. The SMILES string of the molecule is CC(C)OCCCSCCCCCCCCCCCCCCC(F)(F)F. The molecule has 26 heavy (non-hydrogen) atoms. The highest BCUT2D eigenvalue weighted by atomic mass is 32.2. The molecule has 0 unspecified atom stereocenters. The molecule has 0 spiro atoms. The third kappa shape index (κ3) is 24.1. The molecule has 0 amide bonds. The van der Waals surface area contributed by atoms with Crippen molar-refractivity contribution >= 4 is 11.8 Å². The molecule has 0 atom stereocenters. The van der Waals surface area contributed by atoms with Crippen LogP contribution >= 0.6 is 11.8 Å². The van der Waals surface area contributed by atoms with Gasteiger partial charge in [-0.15, -0.1) is 0 Å². The number of unbranched alkanes of at least 4 members (excludes halogenated alkanes) is 11. The molecule has 0 saturated heterocycles. The average molecular weight is 399 g/mol. The number of halogens is 3. The first kappa shape index (κ1) is 26.1. The first-order valence-corrected chi connectivity index (χ1v) is 11.8. The third-order valence-corrected chi connectivity index (χ3v) is 5.54. The quantitative estimate of drug-likeness (QED) is 0.203. The molecule has 0 heterocycles. The number of ether oxygens (including phenoxy) is 1. The Labute approximate surface area is 164 Å². The predicted octanol–water partition coefficient (Wildman–Crippen LogP) is 8.17. The van der Waals surface area contributed by atoms with Gasteiger partial charge in [0.1, 0.15) is 0 Å². The monoisotopic (exact) mass is 398 g/mol. The van der Waals surface area contributed by atoms with Gasteiger partial charge >= 0.3 is 6.18 Å². The maximum Gasteiger partial charge on any atom is 0.389 e. The van der Waals surface area contributed by atoms with Crippen molar-refractivity contribution in [2.75, 3.05) is 18.1 Å². The van der Waals surface area contributed by atoms with Gasteiger partial charge in [-0.05, 0) is 44.6 Å². The van der Waals surface area contributed by atoms with E-state index in [0.717, 1.165) is 32.3 Å². The minimum Gasteiger partial charge on any atom is -0.379 e.